The smallest absolute Gasteiger partial charge is 0.329 e. The van der Waals surface area contributed by atoms with Gasteiger partial charge in [0, 0.05) is 14.1 Å². The van der Waals surface area contributed by atoms with Crippen molar-refractivity contribution in [2.45, 2.75) is 0 Å². The van der Waals surface area contributed by atoms with Crippen molar-refractivity contribution in [2.24, 2.45) is 0 Å². The van der Waals surface area contributed by atoms with Gasteiger partial charge in [-0.05, 0) is 0 Å². The molecule has 1 fully saturated rings. The van der Waals surface area contributed by atoms with Gasteiger partial charge in [-0.1, -0.05) is 13.2 Å². The molecule has 1 saturated heterocycles. The van der Waals surface area contributed by atoms with E-state index in [0.29, 0.717) is 11.6 Å². The number of hydrogen-bond donors (Lipinski definition) is 1. The normalized spacial score (nSPS) is 18.9. The van der Waals surface area contributed by atoms with Gasteiger partial charge in [0.2, 0.25) is 0 Å². The van der Waals surface area contributed by atoms with Crippen LogP contribution in [-0.2, 0) is 0 Å². The van der Waals surface area contributed by atoms with Crippen LogP contribution in [0.1, 0.15) is 0 Å². The summed E-state index contributed by atoms with van der Waals surface area (Å²) in [7, 11) is 3.31. The third-order valence-electron chi connectivity index (χ3n) is 1.67. The van der Waals surface area contributed by atoms with Crippen molar-refractivity contribution in [3.63, 3.8) is 0 Å². The van der Waals surface area contributed by atoms with Crippen molar-refractivity contribution in [2.75, 3.05) is 14.1 Å². The van der Waals surface area contributed by atoms with Gasteiger partial charge >= 0.3 is 6.03 Å². The topological polar surface area (TPSA) is 35.6 Å². The standard InChI is InChI=1S/C7H11N3O/c1-5-8-6(2)10(4)7(11)9(5)3/h8H,1-2H2,3-4H3. The lowest BCUT2D eigenvalue weighted by Crippen LogP contribution is -2.49. The summed E-state index contributed by atoms with van der Waals surface area (Å²) in [4.78, 5) is 14.1. The van der Waals surface area contributed by atoms with Crippen LogP contribution in [0.5, 0.6) is 0 Å². The van der Waals surface area contributed by atoms with Crippen LogP contribution < -0.4 is 5.32 Å². The molecule has 11 heavy (non-hydrogen) atoms. The van der Waals surface area contributed by atoms with Gasteiger partial charge in [0.1, 0.15) is 11.6 Å². The molecular weight excluding hydrogens is 142 g/mol. The second kappa shape index (κ2) is 2.30. The fourth-order valence-corrected chi connectivity index (χ4v) is 0.790. The monoisotopic (exact) mass is 153 g/mol. The zero-order chi connectivity index (χ0) is 8.59. The Kier molecular flexibility index (Phi) is 1.60. The molecule has 4 heteroatoms. The average molecular weight is 153 g/mol. The fraction of sp³-hybridized carbons (Fsp3) is 0.286. The highest BCUT2D eigenvalue weighted by atomic mass is 16.2. The van der Waals surface area contributed by atoms with Gasteiger partial charge < -0.3 is 5.32 Å². The Morgan fingerprint density at radius 2 is 1.55 bits per heavy atom. The van der Waals surface area contributed by atoms with E-state index in [-0.39, 0.29) is 6.03 Å². The number of carbonyl (C=O) groups is 1. The highest BCUT2D eigenvalue weighted by Gasteiger charge is 2.24. The summed E-state index contributed by atoms with van der Waals surface area (Å²) in [5.41, 5.74) is 0. The predicted octanol–water partition coefficient (Wildman–Crippen LogP) is 0.516. The summed E-state index contributed by atoms with van der Waals surface area (Å²) in [6, 6.07) is -0.126. The molecule has 0 unspecified atom stereocenters. The fourth-order valence-electron chi connectivity index (χ4n) is 0.790. The molecule has 0 radical (unpaired) electrons. The van der Waals surface area contributed by atoms with Crippen molar-refractivity contribution in [1.29, 1.82) is 0 Å². The van der Waals surface area contributed by atoms with Gasteiger partial charge in [-0.25, -0.2) is 4.79 Å². The van der Waals surface area contributed by atoms with E-state index in [0.717, 1.165) is 0 Å². The van der Waals surface area contributed by atoms with Gasteiger partial charge in [0.05, 0.1) is 0 Å². The maximum atomic E-state index is 11.2. The number of amides is 2. The number of nitrogens with zero attached hydrogens (tertiary/aromatic N) is 2. The quantitative estimate of drug-likeness (QED) is 0.550. The molecular formula is C7H11N3O. The Bertz CT molecular complexity index is 212. The van der Waals surface area contributed by atoms with Crippen molar-refractivity contribution in [1.82, 2.24) is 15.1 Å². The maximum Gasteiger partial charge on any atom is 0.330 e. The molecule has 0 bridgehead atoms. The van der Waals surface area contributed by atoms with Crippen LogP contribution >= 0.6 is 0 Å². The van der Waals surface area contributed by atoms with Crippen LogP contribution in [-0.4, -0.2) is 29.9 Å². The Morgan fingerprint density at radius 3 is 1.91 bits per heavy atom. The molecule has 60 valence electrons. The Hall–Kier alpha value is -1.45. The van der Waals surface area contributed by atoms with E-state index in [1.807, 2.05) is 0 Å². The summed E-state index contributed by atoms with van der Waals surface area (Å²) >= 11 is 0. The Labute approximate surface area is 65.8 Å². The molecule has 0 aromatic carbocycles. The third kappa shape index (κ3) is 1.07. The lowest BCUT2D eigenvalue weighted by Gasteiger charge is -2.34. The van der Waals surface area contributed by atoms with Crippen LogP contribution in [0.4, 0.5) is 4.79 Å². The largest absolute Gasteiger partial charge is 0.330 e. The minimum atomic E-state index is -0.126. The lowest BCUT2D eigenvalue weighted by atomic mass is 10.5. The van der Waals surface area contributed by atoms with E-state index in [1.165, 1.54) is 9.80 Å². The first-order valence-electron chi connectivity index (χ1n) is 3.20. The predicted molar refractivity (Wildman–Crippen MR) is 42.3 cm³/mol. The van der Waals surface area contributed by atoms with Crippen molar-refractivity contribution in [3.05, 3.63) is 24.8 Å². The van der Waals surface area contributed by atoms with E-state index < -0.39 is 0 Å². The number of rotatable bonds is 0. The first kappa shape index (κ1) is 7.65. The first-order valence-corrected chi connectivity index (χ1v) is 3.20. The molecule has 0 saturated carbocycles. The van der Waals surface area contributed by atoms with Crippen molar-refractivity contribution < 1.29 is 4.79 Å². The van der Waals surface area contributed by atoms with Gasteiger partial charge in [-0.3, -0.25) is 9.80 Å². The van der Waals surface area contributed by atoms with Crippen molar-refractivity contribution >= 4 is 6.03 Å². The van der Waals surface area contributed by atoms with Gasteiger partial charge in [-0.2, -0.15) is 0 Å². The molecule has 1 aliphatic heterocycles. The third-order valence-corrected chi connectivity index (χ3v) is 1.67. The SMILES string of the molecule is C=C1NC(=C)N(C)C(=O)N1C. The highest BCUT2D eigenvalue weighted by Crippen LogP contribution is 2.11. The summed E-state index contributed by atoms with van der Waals surface area (Å²) in [5.74, 6) is 1.11. The second-order valence-electron chi connectivity index (χ2n) is 2.42. The highest BCUT2D eigenvalue weighted by molar-refractivity contribution is 5.78. The first-order chi connectivity index (χ1) is 5.04. The lowest BCUT2D eigenvalue weighted by molar-refractivity contribution is 0.179. The number of urea groups is 1. The molecule has 0 atom stereocenters. The van der Waals surface area contributed by atoms with Gasteiger partial charge in [-0.15, -0.1) is 0 Å². The second-order valence-corrected chi connectivity index (χ2v) is 2.42. The van der Waals surface area contributed by atoms with E-state index in [4.69, 9.17) is 0 Å². The van der Waals surface area contributed by atoms with E-state index in [1.54, 1.807) is 14.1 Å². The molecule has 1 N–H and O–H groups in total. The summed E-state index contributed by atoms with van der Waals surface area (Å²) in [5, 5.41) is 2.85. The zero-order valence-electron chi connectivity index (χ0n) is 6.72. The van der Waals surface area contributed by atoms with Gasteiger partial charge in [0.15, 0.2) is 0 Å². The summed E-state index contributed by atoms with van der Waals surface area (Å²) in [6.45, 7) is 7.27. The molecule has 0 aliphatic carbocycles. The number of nitrogens with one attached hydrogen (secondary N) is 1. The molecule has 1 heterocycles. The minimum Gasteiger partial charge on any atom is -0.329 e. The average Bonchev–Trinajstić information content (AvgIpc) is 1.97. The maximum absolute atomic E-state index is 11.2. The molecule has 0 aromatic heterocycles. The summed E-state index contributed by atoms with van der Waals surface area (Å²) in [6.07, 6.45) is 0. The van der Waals surface area contributed by atoms with Crippen LogP contribution in [0.25, 0.3) is 0 Å². The Balaban J connectivity index is 2.87. The molecule has 2 amide bonds. The van der Waals surface area contributed by atoms with Crippen LogP contribution in [0, 0.1) is 0 Å². The molecule has 0 aromatic rings. The summed E-state index contributed by atoms with van der Waals surface area (Å²) < 4.78 is 0. The minimum absolute atomic E-state index is 0.126. The molecule has 1 aliphatic rings. The zero-order valence-corrected chi connectivity index (χ0v) is 6.72. The van der Waals surface area contributed by atoms with Crippen LogP contribution in [0.3, 0.4) is 0 Å². The molecule has 4 nitrogen and oxygen atoms in total. The van der Waals surface area contributed by atoms with Crippen molar-refractivity contribution in [3.8, 4) is 0 Å². The molecule has 1 rings (SSSR count). The van der Waals surface area contributed by atoms with Gasteiger partial charge in [0.25, 0.3) is 0 Å². The van der Waals surface area contributed by atoms with E-state index in [2.05, 4.69) is 18.5 Å². The number of hydrogen-bond acceptors (Lipinski definition) is 2. The number of carbonyl (C=O) groups excluding carboxylic acids is 1. The molecule has 0 spiro atoms. The van der Waals surface area contributed by atoms with E-state index in [9.17, 15) is 4.79 Å². The Morgan fingerprint density at radius 1 is 1.18 bits per heavy atom. The van der Waals surface area contributed by atoms with E-state index >= 15 is 0 Å². The van der Waals surface area contributed by atoms with Crippen LogP contribution in [0.15, 0.2) is 24.8 Å². The van der Waals surface area contributed by atoms with Crippen LogP contribution in [0.2, 0.25) is 0 Å².